The van der Waals surface area contributed by atoms with E-state index < -0.39 is 0 Å². The van der Waals surface area contributed by atoms with Gasteiger partial charge in [-0.2, -0.15) is 0 Å². The van der Waals surface area contributed by atoms with Crippen LogP contribution in [0.4, 0.5) is 0 Å². The van der Waals surface area contributed by atoms with E-state index in [4.69, 9.17) is 0 Å². The molecule has 0 aromatic carbocycles. The molecule has 0 aliphatic carbocycles. The van der Waals surface area contributed by atoms with Gasteiger partial charge in [0.25, 0.3) is 0 Å². The van der Waals surface area contributed by atoms with Gasteiger partial charge in [0.15, 0.2) is 0 Å². The third-order valence-electron chi connectivity index (χ3n) is 0. The summed E-state index contributed by atoms with van der Waals surface area (Å²) in [5, 5.41) is 0. The Morgan fingerprint density at radius 1 is 0.600 bits per heavy atom. The summed E-state index contributed by atoms with van der Waals surface area (Å²) in [6, 6.07) is 0. The smallest absolute Gasteiger partial charge is 0.0140 e. The average Bonchev–Trinajstić information content (AvgIpc) is 1.25. The number of rotatable bonds is 0. The predicted octanol–water partition coefficient (Wildman–Crippen LogP) is 1.10. The molecule has 0 aromatic rings. The third-order valence-corrected chi connectivity index (χ3v) is 0. The van der Waals surface area contributed by atoms with Crippen molar-refractivity contribution in [2.75, 3.05) is 42.3 Å². The zero-order chi connectivity index (χ0) is 7.15. The summed E-state index contributed by atoms with van der Waals surface area (Å²) in [5.41, 5.74) is 0. The molecule has 0 aliphatic heterocycles. The number of nitrogens with zero attached hydrogens (tertiary/aromatic N) is 2. The molecule has 4 heteroatoms. The molecule has 0 bridgehead atoms. The topological polar surface area (TPSA) is 41.5 Å². The maximum absolute atomic E-state index is 2.00. The Kier molecular flexibility index (Phi) is 36.3. The molecule has 10 heavy (non-hydrogen) atoms. The fraction of sp³-hybridized carbons (Fsp3) is 1.00. The molecular formula is C6H22BrN3. The van der Waals surface area contributed by atoms with Crippen LogP contribution in [-0.2, 0) is 0 Å². The van der Waals surface area contributed by atoms with E-state index in [0.29, 0.717) is 0 Å². The molecular weight excluding hydrogens is 194 g/mol. The van der Waals surface area contributed by atoms with Crippen molar-refractivity contribution < 1.29 is 0 Å². The summed E-state index contributed by atoms with van der Waals surface area (Å²) in [6.07, 6.45) is 0. The van der Waals surface area contributed by atoms with Crippen LogP contribution >= 0.6 is 17.0 Å². The quantitative estimate of drug-likeness (QED) is 0.659. The summed E-state index contributed by atoms with van der Waals surface area (Å²) in [4.78, 5) is 4.00. The molecule has 0 fully saturated rings. The summed E-state index contributed by atoms with van der Waals surface area (Å²) in [6.45, 7) is 0. The average molecular weight is 216 g/mol. The van der Waals surface area contributed by atoms with E-state index in [9.17, 15) is 0 Å². The van der Waals surface area contributed by atoms with E-state index in [1.54, 1.807) is 0 Å². The van der Waals surface area contributed by atoms with Crippen molar-refractivity contribution in [3.63, 3.8) is 0 Å². The molecule has 0 unspecified atom stereocenters. The van der Waals surface area contributed by atoms with Gasteiger partial charge in [0.05, 0.1) is 0 Å². The second-order valence-corrected chi connectivity index (χ2v) is 2.68. The van der Waals surface area contributed by atoms with Gasteiger partial charge in [-0.15, -0.1) is 17.0 Å². The minimum Gasteiger partial charge on any atom is -0.344 e. The Hall–Kier alpha value is 0.360. The van der Waals surface area contributed by atoms with Crippen molar-refractivity contribution in [1.82, 2.24) is 16.0 Å². The number of hydrogen-bond acceptors (Lipinski definition) is 3. The highest BCUT2D eigenvalue weighted by Gasteiger charge is 1.58. The minimum atomic E-state index is 0. The van der Waals surface area contributed by atoms with Crippen LogP contribution in [0.3, 0.4) is 0 Å². The number of halogens is 1. The van der Waals surface area contributed by atoms with Crippen LogP contribution in [0.1, 0.15) is 0 Å². The number of hydrogen-bond donors (Lipinski definition) is 1. The summed E-state index contributed by atoms with van der Waals surface area (Å²) < 4.78 is 0. The molecule has 0 rings (SSSR count). The van der Waals surface area contributed by atoms with Gasteiger partial charge in [0.1, 0.15) is 0 Å². The van der Waals surface area contributed by atoms with Gasteiger partial charge in [-0.3, -0.25) is 0 Å². The summed E-state index contributed by atoms with van der Waals surface area (Å²) in [5.74, 6) is 0. The fourth-order valence-electron chi connectivity index (χ4n) is 0. The first-order chi connectivity index (χ1) is 3.46. The second-order valence-electron chi connectivity index (χ2n) is 2.68. The zero-order valence-electron chi connectivity index (χ0n) is 8.01. The lowest BCUT2D eigenvalue weighted by atomic mass is 11.0. The van der Waals surface area contributed by atoms with E-state index in [-0.39, 0.29) is 23.1 Å². The summed E-state index contributed by atoms with van der Waals surface area (Å²) in [7, 11) is 12.0. The Morgan fingerprint density at radius 3 is 0.600 bits per heavy atom. The van der Waals surface area contributed by atoms with E-state index in [1.165, 1.54) is 0 Å². The highest BCUT2D eigenvalue weighted by Crippen LogP contribution is 1.48. The lowest BCUT2D eigenvalue weighted by Crippen LogP contribution is -1.99. The van der Waals surface area contributed by atoms with E-state index in [1.807, 2.05) is 52.1 Å². The molecule has 3 nitrogen and oxygen atoms in total. The summed E-state index contributed by atoms with van der Waals surface area (Å²) >= 11 is 0. The van der Waals surface area contributed by atoms with Crippen molar-refractivity contribution in [1.29, 1.82) is 0 Å². The van der Waals surface area contributed by atoms with Crippen LogP contribution in [0.15, 0.2) is 0 Å². The third kappa shape index (κ3) is 3490. The maximum atomic E-state index is 2.00. The molecule has 0 saturated heterocycles. The van der Waals surface area contributed by atoms with E-state index in [2.05, 4.69) is 0 Å². The highest BCUT2D eigenvalue weighted by atomic mass is 79.9. The molecule has 0 radical (unpaired) electrons. The SMILES string of the molecule is Br.CN(C)C.CN(C)C.N. The van der Waals surface area contributed by atoms with Crippen LogP contribution in [0, 0.1) is 0 Å². The van der Waals surface area contributed by atoms with E-state index >= 15 is 0 Å². The molecule has 0 spiro atoms. The van der Waals surface area contributed by atoms with Crippen molar-refractivity contribution in [3.05, 3.63) is 0 Å². The van der Waals surface area contributed by atoms with Crippen molar-refractivity contribution >= 4 is 17.0 Å². The fourth-order valence-corrected chi connectivity index (χ4v) is 0. The maximum Gasteiger partial charge on any atom is -0.0140 e. The van der Waals surface area contributed by atoms with Crippen molar-refractivity contribution in [2.24, 2.45) is 0 Å². The molecule has 0 amide bonds. The Labute approximate surface area is 75.7 Å². The Bertz CT molecular complexity index is 28.5. The minimum absolute atomic E-state index is 0. The van der Waals surface area contributed by atoms with Crippen LogP contribution in [0.5, 0.6) is 0 Å². The molecule has 68 valence electrons. The molecule has 3 N–H and O–H groups in total. The van der Waals surface area contributed by atoms with Crippen LogP contribution in [-0.4, -0.2) is 52.1 Å². The predicted molar refractivity (Wildman–Crippen MR) is 54.6 cm³/mol. The first-order valence-corrected chi connectivity index (χ1v) is 2.68. The van der Waals surface area contributed by atoms with Gasteiger partial charge in [-0.25, -0.2) is 0 Å². The monoisotopic (exact) mass is 215 g/mol. The Morgan fingerprint density at radius 2 is 0.600 bits per heavy atom. The lowest BCUT2D eigenvalue weighted by Gasteiger charge is -1.90. The lowest BCUT2D eigenvalue weighted by molar-refractivity contribution is 0.505. The van der Waals surface area contributed by atoms with Crippen molar-refractivity contribution in [2.45, 2.75) is 0 Å². The first kappa shape index (κ1) is 22.4. The second kappa shape index (κ2) is 16.2. The normalized spacial score (nSPS) is 7.20. The van der Waals surface area contributed by atoms with Gasteiger partial charge < -0.3 is 16.0 Å². The first-order valence-electron chi connectivity index (χ1n) is 2.68. The Balaban J connectivity index is -0.0000000300. The highest BCUT2D eigenvalue weighted by molar-refractivity contribution is 8.93. The largest absolute Gasteiger partial charge is 0.344 e. The molecule has 0 aliphatic rings. The zero-order valence-corrected chi connectivity index (χ0v) is 9.72. The van der Waals surface area contributed by atoms with Gasteiger partial charge >= 0.3 is 0 Å². The van der Waals surface area contributed by atoms with Gasteiger partial charge in [0, 0.05) is 0 Å². The standard InChI is InChI=1S/2C3H9N.BrH.H3N/c2*1-4(2)3;;/h2*1-3H3;1H;1H3. The van der Waals surface area contributed by atoms with Crippen LogP contribution in [0.2, 0.25) is 0 Å². The molecule has 0 saturated carbocycles. The molecule has 0 heterocycles. The van der Waals surface area contributed by atoms with Gasteiger partial charge in [-0.1, -0.05) is 0 Å². The molecule has 0 aromatic heterocycles. The van der Waals surface area contributed by atoms with Crippen LogP contribution in [0.25, 0.3) is 0 Å². The van der Waals surface area contributed by atoms with Crippen molar-refractivity contribution in [3.8, 4) is 0 Å². The molecule has 0 atom stereocenters. The van der Waals surface area contributed by atoms with E-state index in [0.717, 1.165) is 0 Å². The van der Waals surface area contributed by atoms with Gasteiger partial charge in [0.2, 0.25) is 0 Å². The van der Waals surface area contributed by atoms with Crippen LogP contribution < -0.4 is 6.15 Å². The van der Waals surface area contributed by atoms with Gasteiger partial charge in [-0.05, 0) is 42.3 Å².